The van der Waals surface area contributed by atoms with E-state index in [1.54, 1.807) is 6.07 Å². The number of aromatic nitrogens is 1. The molecule has 0 bridgehead atoms. The number of benzene rings is 1. The molecule has 5 nitrogen and oxygen atoms in total. The maximum absolute atomic E-state index is 11.9. The molecule has 0 aliphatic heterocycles. The molecule has 2 atom stereocenters. The van der Waals surface area contributed by atoms with Crippen LogP contribution in [0.15, 0.2) is 48.7 Å². The van der Waals surface area contributed by atoms with Crippen LogP contribution in [0.3, 0.4) is 0 Å². The summed E-state index contributed by atoms with van der Waals surface area (Å²) in [6, 6.07) is 12.8. The number of aliphatic hydroxyl groups excluding tert-OH is 1. The molecular weight excluding hydrogens is 316 g/mol. The van der Waals surface area contributed by atoms with E-state index in [-0.39, 0.29) is 30.9 Å². The number of halogens is 1. The van der Waals surface area contributed by atoms with Crippen molar-refractivity contribution in [3.63, 3.8) is 0 Å². The third-order valence-corrected chi connectivity index (χ3v) is 3.49. The lowest BCUT2D eigenvalue weighted by molar-refractivity contribution is -0.00173. The van der Waals surface area contributed by atoms with Crippen molar-refractivity contribution in [3.05, 3.63) is 64.9 Å². The zero-order valence-corrected chi connectivity index (χ0v) is 13.5. The molecule has 1 aromatic carbocycles. The van der Waals surface area contributed by atoms with E-state index in [0.29, 0.717) is 5.02 Å². The van der Waals surface area contributed by atoms with Crippen LogP contribution < -0.4 is 5.32 Å². The van der Waals surface area contributed by atoms with Gasteiger partial charge in [0.25, 0.3) is 5.91 Å². The Morgan fingerprint density at radius 2 is 2.04 bits per heavy atom. The van der Waals surface area contributed by atoms with E-state index >= 15 is 0 Å². The Morgan fingerprint density at radius 3 is 2.70 bits per heavy atom. The normalized spacial score (nSPS) is 13.3. The monoisotopic (exact) mass is 334 g/mol. The number of nitrogens with zero attached hydrogens (tertiary/aromatic N) is 1. The maximum Gasteiger partial charge on any atom is 0.269 e. The Balaban J connectivity index is 1.73. The Morgan fingerprint density at radius 1 is 1.30 bits per heavy atom. The van der Waals surface area contributed by atoms with E-state index in [0.717, 1.165) is 5.56 Å². The summed E-state index contributed by atoms with van der Waals surface area (Å²) >= 11 is 5.71. The summed E-state index contributed by atoms with van der Waals surface area (Å²) in [4.78, 5) is 15.8. The first-order chi connectivity index (χ1) is 11.1. The largest absolute Gasteiger partial charge is 0.389 e. The fourth-order valence-corrected chi connectivity index (χ4v) is 2.06. The Hall–Kier alpha value is -1.95. The molecular formula is C17H19ClN2O3. The van der Waals surface area contributed by atoms with E-state index in [1.807, 2.05) is 37.3 Å². The average Bonchev–Trinajstić information content (AvgIpc) is 2.59. The molecule has 0 fully saturated rings. The molecule has 0 saturated heterocycles. The highest BCUT2D eigenvalue weighted by Gasteiger charge is 2.12. The van der Waals surface area contributed by atoms with Crippen LogP contribution in [-0.4, -0.2) is 35.3 Å². The number of hydrogen-bond donors (Lipinski definition) is 2. The summed E-state index contributed by atoms with van der Waals surface area (Å²) in [6.07, 6.45) is 0.481. The first kappa shape index (κ1) is 17.4. The van der Waals surface area contributed by atoms with Crippen molar-refractivity contribution >= 4 is 17.5 Å². The fourth-order valence-electron chi connectivity index (χ4n) is 1.95. The van der Waals surface area contributed by atoms with Crippen molar-refractivity contribution in [3.8, 4) is 0 Å². The fraction of sp³-hybridized carbons (Fsp3) is 0.294. The number of nitrogens with one attached hydrogen (secondary N) is 1. The lowest BCUT2D eigenvalue weighted by Gasteiger charge is -2.17. The van der Waals surface area contributed by atoms with Crippen LogP contribution in [0.5, 0.6) is 0 Å². The summed E-state index contributed by atoms with van der Waals surface area (Å²) in [5.41, 5.74) is 1.29. The van der Waals surface area contributed by atoms with Crippen LogP contribution in [0.25, 0.3) is 0 Å². The van der Waals surface area contributed by atoms with E-state index in [2.05, 4.69) is 10.3 Å². The summed E-state index contributed by atoms with van der Waals surface area (Å²) < 4.78 is 5.61. The predicted molar refractivity (Wildman–Crippen MR) is 88.4 cm³/mol. The number of carbonyl (C=O) groups is 1. The second-order valence-electron chi connectivity index (χ2n) is 5.11. The van der Waals surface area contributed by atoms with Crippen molar-refractivity contribution in [1.82, 2.24) is 10.3 Å². The van der Waals surface area contributed by atoms with Gasteiger partial charge in [0.2, 0.25) is 0 Å². The lowest BCUT2D eigenvalue weighted by atomic mass is 10.1. The number of pyridine rings is 1. The van der Waals surface area contributed by atoms with Crippen LogP contribution in [0.1, 0.15) is 29.1 Å². The first-order valence-corrected chi connectivity index (χ1v) is 7.68. The first-order valence-electron chi connectivity index (χ1n) is 7.30. The smallest absolute Gasteiger partial charge is 0.269 e. The average molecular weight is 335 g/mol. The highest BCUT2D eigenvalue weighted by molar-refractivity contribution is 6.30. The molecule has 0 unspecified atom stereocenters. The molecule has 0 radical (unpaired) electrons. The molecule has 0 saturated carbocycles. The van der Waals surface area contributed by atoms with Gasteiger partial charge < -0.3 is 15.2 Å². The number of carbonyl (C=O) groups excluding carboxylic acids is 1. The van der Waals surface area contributed by atoms with Crippen molar-refractivity contribution in [2.75, 3.05) is 13.2 Å². The second-order valence-corrected chi connectivity index (χ2v) is 5.55. The van der Waals surface area contributed by atoms with Crippen LogP contribution in [0, 0.1) is 0 Å². The van der Waals surface area contributed by atoms with Crippen LogP contribution in [0.2, 0.25) is 5.02 Å². The minimum Gasteiger partial charge on any atom is -0.389 e. The molecule has 0 aliphatic rings. The molecule has 23 heavy (non-hydrogen) atoms. The van der Waals surface area contributed by atoms with Gasteiger partial charge in [-0.1, -0.05) is 41.9 Å². The SMILES string of the molecule is C[C@@H](OC[C@@H](O)CNC(=O)c1ccc(Cl)cn1)c1ccccc1. The molecule has 2 N–H and O–H groups in total. The third kappa shape index (κ3) is 5.63. The molecule has 1 aromatic heterocycles. The summed E-state index contributed by atoms with van der Waals surface area (Å²) in [5, 5.41) is 13.0. The highest BCUT2D eigenvalue weighted by Crippen LogP contribution is 2.15. The van der Waals surface area contributed by atoms with Crippen molar-refractivity contribution in [2.24, 2.45) is 0 Å². The van der Waals surface area contributed by atoms with E-state index in [1.165, 1.54) is 12.3 Å². The molecule has 2 rings (SSSR count). The van der Waals surface area contributed by atoms with Gasteiger partial charge in [0.05, 0.1) is 23.8 Å². The maximum atomic E-state index is 11.9. The zero-order valence-electron chi connectivity index (χ0n) is 12.8. The molecule has 0 aliphatic carbocycles. The van der Waals surface area contributed by atoms with Crippen molar-refractivity contribution < 1.29 is 14.6 Å². The predicted octanol–water partition coefficient (Wildman–Crippen LogP) is 2.60. The molecule has 2 aromatic rings. The van der Waals surface area contributed by atoms with Gasteiger partial charge in [-0.3, -0.25) is 4.79 Å². The molecule has 122 valence electrons. The van der Waals surface area contributed by atoms with Crippen LogP contribution in [-0.2, 0) is 4.74 Å². The Labute approximate surface area is 140 Å². The van der Waals surface area contributed by atoms with E-state index in [9.17, 15) is 9.90 Å². The van der Waals surface area contributed by atoms with Gasteiger partial charge in [-0.25, -0.2) is 4.98 Å². The van der Waals surface area contributed by atoms with Gasteiger partial charge >= 0.3 is 0 Å². The summed E-state index contributed by atoms with van der Waals surface area (Å²) in [5.74, 6) is -0.364. The minimum atomic E-state index is -0.794. The minimum absolute atomic E-state index is 0.0879. The Bertz CT molecular complexity index is 619. The van der Waals surface area contributed by atoms with Gasteiger partial charge in [-0.05, 0) is 24.6 Å². The topological polar surface area (TPSA) is 71.5 Å². The van der Waals surface area contributed by atoms with E-state index < -0.39 is 6.10 Å². The van der Waals surface area contributed by atoms with Gasteiger partial charge in [-0.2, -0.15) is 0 Å². The van der Waals surface area contributed by atoms with Crippen LogP contribution in [0.4, 0.5) is 0 Å². The number of hydrogen-bond acceptors (Lipinski definition) is 4. The van der Waals surface area contributed by atoms with E-state index in [4.69, 9.17) is 16.3 Å². The lowest BCUT2D eigenvalue weighted by Crippen LogP contribution is -2.35. The number of ether oxygens (including phenoxy) is 1. The molecule has 1 amide bonds. The van der Waals surface area contributed by atoms with Gasteiger partial charge in [0, 0.05) is 12.7 Å². The summed E-state index contributed by atoms with van der Waals surface area (Å²) in [7, 11) is 0. The van der Waals surface area contributed by atoms with Gasteiger partial charge in [0.1, 0.15) is 5.69 Å². The molecule has 0 spiro atoms. The zero-order chi connectivity index (χ0) is 16.7. The second kappa shape index (κ2) is 8.62. The quantitative estimate of drug-likeness (QED) is 0.816. The van der Waals surface area contributed by atoms with Gasteiger partial charge in [-0.15, -0.1) is 0 Å². The van der Waals surface area contributed by atoms with Gasteiger partial charge in [0.15, 0.2) is 0 Å². The number of rotatable bonds is 7. The third-order valence-electron chi connectivity index (χ3n) is 3.27. The number of aliphatic hydroxyl groups is 1. The molecule has 6 heteroatoms. The van der Waals surface area contributed by atoms with Crippen molar-refractivity contribution in [2.45, 2.75) is 19.1 Å². The highest BCUT2D eigenvalue weighted by atomic mass is 35.5. The standard InChI is InChI=1S/C17H19ClN2O3/c1-12(13-5-3-2-4-6-13)23-11-15(21)10-20-17(22)16-8-7-14(18)9-19-16/h2-9,12,15,21H,10-11H2,1H3,(H,20,22)/t12-,15+/m1/s1. The summed E-state index contributed by atoms with van der Waals surface area (Å²) in [6.45, 7) is 2.13. The van der Waals surface area contributed by atoms with Crippen LogP contribution >= 0.6 is 11.6 Å². The van der Waals surface area contributed by atoms with Crippen molar-refractivity contribution in [1.29, 1.82) is 0 Å². The molecule has 1 heterocycles. The Kier molecular flexibility index (Phi) is 6.52. The number of amides is 1.